The van der Waals surface area contributed by atoms with E-state index in [1.807, 2.05) is 39.8 Å². The molecule has 3 N–H and O–H groups in total. The Morgan fingerprint density at radius 1 is 1.17 bits per heavy atom. The molecule has 0 radical (unpaired) electrons. The van der Waals surface area contributed by atoms with E-state index in [-0.39, 0.29) is 17.9 Å². The molecule has 1 atom stereocenters. The number of hydrogen-bond donors (Lipinski definition) is 3. The first kappa shape index (κ1) is 20.6. The maximum absolute atomic E-state index is 11.5. The molecule has 0 aliphatic carbocycles. The van der Waals surface area contributed by atoms with Gasteiger partial charge in [0.05, 0.1) is 22.6 Å². The van der Waals surface area contributed by atoms with Gasteiger partial charge in [-0.3, -0.25) is 9.79 Å². The fraction of sp³-hybridized carbons (Fsp3) is 0.529. The van der Waals surface area contributed by atoms with Gasteiger partial charge < -0.3 is 16.0 Å². The zero-order valence-corrected chi connectivity index (χ0v) is 16.1. The molecule has 1 rings (SSSR count). The van der Waals surface area contributed by atoms with Crippen molar-refractivity contribution in [1.29, 1.82) is 0 Å². The average molecular weight is 373 g/mol. The normalized spacial score (nSPS) is 12.9. The maximum Gasteiger partial charge on any atom is 0.222 e. The molecule has 0 aliphatic heterocycles. The van der Waals surface area contributed by atoms with E-state index < -0.39 is 0 Å². The molecule has 1 aromatic carbocycles. The summed E-state index contributed by atoms with van der Waals surface area (Å²) >= 11 is 12.0. The Kier molecular flexibility index (Phi) is 8.93. The third-order valence-corrected chi connectivity index (χ3v) is 4.09. The van der Waals surface area contributed by atoms with Crippen LogP contribution in [0.15, 0.2) is 23.2 Å². The molecule has 0 bridgehead atoms. The van der Waals surface area contributed by atoms with Crippen LogP contribution >= 0.6 is 23.2 Å². The van der Waals surface area contributed by atoms with Gasteiger partial charge >= 0.3 is 0 Å². The van der Waals surface area contributed by atoms with Crippen molar-refractivity contribution >= 4 is 35.1 Å². The quantitative estimate of drug-likeness (QED) is 0.390. The summed E-state index contributed by atoms with van der Waals surface area (Å²) < 4.78 is 0. The molecular weight excluding hydrogens is 347 g/mol. The highest BCUT2D eigenvalue weighted by molar-refractivity contribution is 6.42. The SMILES string of the molecule is CCNC(=NCCNC(=O)C(C)C)NC(C)c1ccc(Cl)c(Cl)c1. The summed E-state index contributed by atoms with van der Waals surface area (Å²) in [5.74, 6) is 0.706. The van der Waals surface area contributed by atoms with Crippen LogP contribution in [-0.4, -0.2) is 31.5 Å². The summed E-state index contributed by atoms with van der Waals surface area (Å²) in [6.07, 6.45) is 0. The highest BCUT2D eigenvalue weighted by Crippen LogP contribution is 2.25. The number of halogens is 2. The molecule has 7 heteroatoms. The van der Waals surface area contributed by atoms with Crippen LogP contribution < -0.4 is 16.0 Å². The third kappa shape index (κ3) is 6.97. The second-order valence-corrected chi connectivity index (χ2v) is 6.56. The number of nitrogens with zero attached hydrogens (tertiary/aromatic N) is 1. The largest absolute Gasteiger partial charge is 0.357 e. The number of carbonyl (C=O) groups excluding carboxylic acids is 1. The van der Waals surface area contributed by atoms with Crippen molar-refractivity contribution in [3.05, 3.63) is 33.8 Å². The molecule has 134 valence electrons. The zero-order chi connectivity index (χ0) is 18.1. The first-order valence-electron chi connectivity index (χ1n) is 8.12. The van der Waals surface area contributed by atoms with Crippen molar-refractivity contribution in [2.45, 2.75) is 33.7 Å². The third-order valence-electron chi connectivity index (χ3n) is 3.35. The van der Waals surface area contributed by atoms with Gasteiger partial charge in [0.2, 0.25) is 5.91 Å². The van der Waals surface area contributed by atoms with Crippen LogP contribution in [-0.2, 0) is 4.79 Å². The number of carbonyl (C=O) groups is 1. The Morgan fingerprint density at radius 3 is 2.46 bits per heavy atom. The Morgan fingerprint density at radius 2 is 1.88 bits per heavy atom. The van der Waals surface area contributed by atoms with Gasteiger partial charge in [-0.15, -0.1) is 0 Å². The van der Waals surface area contributed by atoms with Gasteiger partial charge in [-0.1, -0.05) is 43.1 Å². The predicted octanol–water partition coefficient (Wildman–Crippen LogP) is 3.38. The lowest BCUT2D eigenvalue weighted by Crippen LogP contribution is -2.39. The molecule has 0 heterocycles. The minimum absolute atomic E-state index is 0.0165. The molecule has 5 nitrogen and oxygen atoms in total. The Bertz CT molecular complexity index is 576. The van der Waals surface area contributed by atoms with Gasteiger partial charge in [0.25, 0.3) is 0 Å². The number of aliphatic imine (C=N–C) groups is 1. The average Bonchev–Trinajstić information content (AvgIpc) is 2.53. The molecule has 1 amide bonds. The number of hydrogen-bond acceptors (Lipinski definition) is 2. The second-order valence-electron chi connectivity index (χ2n) is 5.75. The predicted molar refractivity (Wildman–Crippen MR) is 102 cm³/mol. The van der Waals surface area contributed by atoms with Gasteiger partial charge in [-0.05, 0) is 31.5 Å². The minimum atomic E-state index is -0.0185. The van der Waals surface area contributed by atoms with Gasteiger partial charge in [-0.2, -0.15) is 0 Å². The van der Waals surface area contributed by atoms with E-state index in [0.29, 0.717) is 29.1 Å². The van der Waals surface area contributed by atoms with Crippen LogP contribution in [0.4, 0.5) is 0 Å². The monoisotopic (exact) mass is 372 g/mol. The van der Waals surface area contributed by atoms with Gasteiger partial charge in [0, 0.05) is 19.0 Å². The molecular formula is C17H26Cl2N4O. The summed E-state index contributed by atoms with van der Waals surface area (Å²) in [6, 6.07) is 5.57. The summed E-state index contributed by atoms with van der Waals surface area (Å²) in [5.41, 5.74) is 1.02. The summed E-state index contributed by atoms with van der Waals surface area (Å²) in [5, 5.41) is 10.4. The van der Waals surface area contributed by atoms with Crippen LogP contribution in [0.3, 0.4) is 0 Å². The van der Waals surface area contributed by atoms with Crippen LogP contribution in [0.5, 0.6) is 0 Å². The van der Waals surface area contributed by atoms with E-state index in [9.17, 15) is 4.79 Å². The van der Waals surface area contributed by atoms with Crippen LogP contribution in [0, 0.1) is 5.92 Å². The van der Waals surface area contributed by atoms with E-state index in [1.54, 1.807) is 6.07 Å². The standard InChI is InChI=1S/C17H26Cl2N4O/c1-5-20-17(22-9-8-21-16(24)11(2)3)23-12(4)13-6-7-14(18)15(19)10-13/h6-7,10-12H,5,8-9H2,1-4H3,(H,21,24)(H2,20,22,23). The van der Waals surface area contributed by atoms with E-state index >= 15 is 0 Å². The smallest absolute Gasteiger partial charge is 0.222 e. The van der Waals surface area contributed by atoms with Gasteiger partial charge in [0.1, 0.15) is 0 Å². The van der Waals surface area contributed by atoms with Crippen molar-refractivity contribution in [2.24, 2.45) is 10.9 Å². The molecule has 0 aromatic heterocycles. The van der Waals surface area contributed by atoms with Gasteiger partial charge in [0.15, 0.2) is 5.96 Å². The van der Waals surface area contributed by atoms with Crippen molar-refractivity contribution < 1.29 is 4.79 Å². The molecule has 0 fully saturated rings. The lowest BCUT2D eigenvalue weighted by atomic mass is 10.1. The highest BCUT2D eigenvalue weighted by atomic mass is 35.5. The van der Waals surface area contributed by atoms with Crippen molar-refractivity contribution in [2.75, 3.05) is 19.6 Å². The highest BCUT2D eigenvalue weighted by Gasteiger charge is 2.10. The first-order chi connectivity index (χ1) is 11.3. The molecule has 1 unspecified atom stereocenters. The summed E-state index contributed by atoms with van der Waals surface area (Å²) in [7, 11) is 0. The molecule has 0 saturated heterocycles. The van der Waals surface area contributed by atoms with Crippen molar-refractivity contribution in [3.63, 3.8) is 0 Å². The second kappa shape index (κ2) is 10.4. The molecule has 24 heavy (non-hydrogen) atoms. The Labute approximate surface area is 154 Å². The summed E-state index contributed by atoms with van der Waals surface area (Å²) in [4.78, 5) is 16.0. The molecule has 0 spiro atoms. The Balaban J connectivity index is 2.62. The number of amides is 1. The number of rotatable bonds is 7. The first-order valence-corrected chi connectivity index (χ1v) is 8.88. The van der Waals surface area contributed by atoms with E-state index in [1.165, 1.54) is 0 Å². The van der Waals surface area contributed by atoms with Crippen LogP contribution in [0.1, 0.15) is 39.3 Å². The fourth-order valence-corrected chi connectivity index (χ4v) is 2.25. The van der Waals surface area contributed by atoms with E-state index in [4.69, 9.17) is 23.2 Å². The minimum Gasteiger partial charge on any atom is -0.357 e. The van der Waals surface area contributed by atoms with Crippen LogP contribution in [0.25, 0.3) is 0 Å². The van der Waals surface area contributed by atoms with E-state index in [0.717, 1.165) is 12.1 Å². The van der Waals surface area contributed by atoms with Crippen molar-refractivity contribution in [1.82, 2.24) is 16.0 Å². The zero-order valence-electron chi connectivity index (χ0n) is 14.6. The van der Waals surface area contributed by atoms with Gasteiger partial charge in [-0.25, -0.2) is 0 Å². The Hall–Kier alpha value is -1.46. The van der Waals surface area contributed by atoms with E-state index in [2.05, 4.69) is 20.9 Å². The topological polar surface area (TPSA) is 65.5 Å². The number of nitrogens with one attached hydrogen (secondary N) is 3. The summed E-state index contributed by atoms with van der Waals surface area (Å²) in [6.45, 7) is 9.51. The lowest BCUT2D eigenvalue weighted by Gasteiger charge is -2.18. The maximum atomic E-state index is 11.5. The molecule has 0 aliphatic rings. The molecule has 1 aromatic rings. The van der Waals surface area contributed by atoms with Crippen molar-refractivity contribution in [3.8, 4) is 0 Å². The number of guanidine groups is 1. The fourth-order valence-electron chi connectivity index (χ4n) is 1.94. The number of benzene rings is 1. The molecule has 0 saturated carbocycles. The van der Waals surface area contributed by atoms with Crippen LogP contribution in [0.2, 0.25) is 10.0 Å². The lowest BCUT2D eigenvalue weighted by molar-refractivity contribution is -0.123.